The number of esters is 1. The zero-order valence-electron chi connectivity index (χ0n) is 11.8. The van der Waals surface area contributed by atoms with Crippen molar-refractivity contribution in [1.29, 1.82) is 0 Å². The maximum Gasteiger partial charge on any atom is 0.374 e. The van der Waals surface area contributed by atoms with E-state index >= 15 is 0 Å². The maximum absolute atomic E-state index is 10.2. The van der Waals surface area contributed by atoms with Crippen LogP contribution in [-0.4, -0.2) is 64.1 Å². The van der Waals surface area contributed by atoms with E-state index in [1.165, 1.54) is 6.92 Å². The predicted molar refractivity (Wildman–Crippen MR) is 75.9 cm³/mol. The summed E-state index contributed by atoms with van der Waals surface area (Å²) in [5, 5.41) is 16.7. The van der Waals surface area contributed by atoms with Gasteiger partial charge in [-0.2, -0.15) is 11.8 Å². The monoisotopic (exact) mass is 324 g/mol. The number of ketones is 1. The molecule has 0 rings (SSSR count). The van der Waals surface area contributed by atoms with E-state index in [9.17, 15) is 19.2 Å². The van der Waals surface area contributed by atoms with E-state index < -0.39 is 35.8 Å². The average molecular weight is 324 g/mol. The lowest BCUT2D eigenvalue weighted by Gasteiger charge is -2.07. The zero-order chi connectivity index (χ0) is 17.0. The van der Waals surface area contributed by atoms with E-state index in [2.05, 4.69) is 4.74 Å². The van der Waals surface area contributed by atoms with Crippen LogP contribution in [0.25, 0.3) is 0 Å². The molecular weight excluding hydrogens is 304 g/mol. The number of hydrogen-bond donors (Lipinski definition) is 4. The van der Waals surface area contributed by atoms with Crippen LogP contribution >= 0.6 is 11.8 Å². The van der Waals surface area contributed by atoms with E-state index in [1.807, 2.05) is 0 Å². The van der Waals surface area contributed by atoms with Crippen LogP contribution in [0.5, 0.6) is 0 Å². The van der Waals surface area contributed by atoms with Crippen LogP contribution in [-0.2, 0) is 23.9 Å². The molecule has 0 saturated carbocycles. The van der Waals surface area contributed by atoms with Gasteiger partial charge in [0.15, 0.2) is 0 Å². The molecule has 2 atom stereocenters. The smallest absolute Gasteiger partial charge is 0.374 e. The Morgan fingerprint density at radius 2 is 1.43 bits per heavy atom. The second-order valence-corrected chi connectivity index (χ2v) is 4.78. The van der Waals surface area contributed by atoms with Crippen LogP contribution in [0.4, 0.5) is 0 Å². The van der Waals surface area contributed by atoms with Crippen molar-refractivity contribution >= 4 is 35.5 Å². The van der Waals surface area contributed by atoms with Gasteiger partial charge >= 0.3 is 17.9 Å². The first-order valence-corrected chi connectivity index (χ1v) is 7.01. The SMILES string of the molecule is CCOC(=O)C(C)=O.NC(CSCC(N)C(=O)O)C(=O)O. The summed E-state index contributed by atoms with van der Waals surface area (Å²) in [6.45, 7) is 3.09. The number of carboxylic acid groups (broad SMARTS) is 2. The third-order valence-electron chi connectivity index (χ3n) is 1.79. The van der Waals surface area contributed by atoms with Crippen LogP contribution in [0.1, 0.15) is 13.8 Å². The molecule has 0 aromatic carbocycles. The summed E-state index contributed by atoms with van der Waals surface area (Å²) in [6.07, 6.45) is 0. The molecule has 21 heavy (non-hydrogen) atoms. The lowest BCUT2D eigenvalue weighted by molar-refractivity contribution is -0.152. The van der Waals surface area contributed by atoms with Crippen LogP contribution in [0, 0.1) is 0 Å². The van der Waals surface area contributed by atoms with Crippen LogP contribution < -0.4 is 11.5 Å². The maximum atomic E-state index is 10.2. The number of ether oxygens (including phenoxy) is 1. The molecule has 0 aromatic heterocycles. The first-order chi connectivity index (χ1) is 9.63. The predicted octanol–water partition coefficient (Wildman–Crippen LogP) is -1.32. The standard InChI is InChI=1S/C6H12N2O4S.C5H8O3/c7-3(5(9)10)1-13-2-4(8)6(11)12;1-3-8-5(7)4(2)6/h3-4H,1-2,7-8H2,(H,9,10)(H,11,12);3H2,1-2H3. The Morgan fingerprint density at radius 3 is 1.62 bits per heavy atom. The Labute approximate surface area is 126 Å². The van der Waals surface area contributed by atoms with E-state index in [4.69, 9.17) is 21.7 Å². The average Bonchev–Trinajstić information content (AvgIpc) is 2.38. The molecular formula is C11H20N2O7S. The lowest BCUT2D eigenvalue weighted by atomic mass is 10.4. The first kappa shape index (κ1) is 21.6. The van der Waals surface area contributed by atoms with Gasteiger partial charge in [-0.25, -0.2) is 4.79 Å². The molecule has 0 saturated heterocycles. The molecule has 0 aliphatic heterocycles. The van der Waals surface area contributed by atoms with Gasteiger partial charge in [-0.15, -0.1) is 0 Å². The number of nitrogens with two attached hydrogens (primary N) is 2. The van der Waals surface area contributed by atoms with Gasteiger partial charge in [0.05, 0.1) is 6.61 Å². The Kier molecular flexibility index (Phi) is 12.5. The van der Waals surface area contributed by atoms with Gasteiger partial charge in [-0.1, -0.05) is 0 Å². The molecule has 0 heterocycles. The second kappa shape index (κ2) is 12.1. The molecule has 2 unspecified atom stereocenters. The Morgan fingerprint density at radius 1 is 1.05 bits per heavy atom. The summed E-state index contributed by atoms with van der Waals surface area (Å²) in [7, 11) is 0. The van der Waals surface area contributed by atoms with Gasteiger partial charge in [0.1, 0.15) is 12.1 Å². The van der Waals surface area contributed by atoms with Gasteiger partial charge in [0.25, 0.3) is 0 Å². The summed E-state index contributed by atoms with van der Waals surface area (Å²) in [4.78, 5) is 40.7. The number of carbonyl (C=O) groups is 4. The van der Waals surface area contributed by atoms with Gasteiger partial charge in [-0.3, -0.25) is 14.4 Å². The van der Waals surface area contributed by atoms with Crippen molar-refractivity contribution in [2.75, 3.05) is 18.1 Å². The number of carboxylic acids is 2. The number of Topliss-reactive ketones (excluding diaryl/α,β-unsaturated/α-hetero) is 1. The number of hydrogen-bond acceptors (Lipinski definition) is 8. The molecule has 0 aliphatic carbocycles. The van der Waals surface area contributed by atoms with Crippen molar-refractivity contribution in [3.05, 3.63) is 0 Å². The number of rotatable bonds is 8. The summed E-state index contributed by atoms with van der Waals surface area (Å²) in [5.74, 6) is -3.18. The minimum absolute atomic E-state index is 0.163. The van der Waals surface area contributed by atoms with Crippen molar-refractivity contribution in [2.45, 2.75) is 25.9 Å². The molecule has 10 heteroatoms. The number of carbonyl (C=O) groups excluding carboxylic acids is 2. The van der Waals surface area contributed by atoms with Crippen molar-refractivity contribution < 1.29 is 34.1 Å². The highest BCUT2D eigenvalue weighted by Gasteiger charge is 2.15. The summed E-state index contributed by atoms with van der Waals surface area (Å²) >= 11 is 1.11. The molecule has 0 radical (unpaired) electrons. The quantitative estimate of drug-likeness (QED) is 0.310. The highest BCUT2D eigenvalue weighted by atomic mass is 32.2. The van der Waals surface area contributed by atoms with Gasteiger partial charge in [-0.05, 0) is 6.92 Å². The topological polar surface area (TPSA) is 170 Å². The van der Waals surface area contributed by atoms with E-state index in [0.29, 0.717) is 0 Å². The zero-order valence-corrected chi connectivity index (χ0v) is 12.6. The van der Waals surface area contributed by atoms with Crippen molar-refractivity contribution in [1.82, 2.24) is 0 Å². The second-order valence-electron chi connectivity index (χ2n) is 3.70. The Balaban J connectivity index is 0. The molecule has 9 nitrogen and oxygen atoms in total. The van der Waals surface area contributed by atoms with Crippen molar-refractivity contribution in [3.8, 4) is 0 Å². The van der Waals surface area contributed by atoms with Crippen LogP contribution in [0.3, 0.4) is 0 Å². The number of aliphatic carboxylic acids is 2. The molecule has 0 aromatic rings. The van der Waals surface area contributed by atoms with Crippen molar-refractivity contribution in [2.24, 2.45) is 11.5 Å². The van der Waals surface area contributed by atoms with Crippen LogP contribution in [0.2, 0.25) is 0 Å². The van der Waals surface area contributed by atoms with Gasteiger partial charge in [0.2, 0.25) is 5.78 Å². The van der Waals surface area contributed by atoms with Gasteiger partial charge < -0.3 is 26.4 Å². The Hall–Kier alpha value is -1.65. The van der Waals surface area contributed by atoms with Crippen LogP contribution in [0.15, 0.2) is 0 Å². The highest BCUT2D eigenvalue weighted by Crippen LogP contribution is 2.03. The molecule has 0 amide bonds. The normalized spacial score (nSPS) is 12.4. The highest BCUT2D eigenvalue weighted by molar-refractivity contribution is 7.99. The summed E-state index contributed by atoms with van der Waals surface area (Å²) in [5.41, 5.74) is 10.3. The van der Waals surface area contributed by atoms with E-state index in [1.54, 1.807) is 6.92 Å². The molecule has 0 aliphatic rings. The first-order valence-electron chi connectivity index (χ1n) is 5.85. The molecule has 122 valence electrons. The molecule has 0 fully saturated rings. The lowest BCUT2D eigenvalue weighted by Crippen LogP contribution is -2.36. The van der Waals surface area contributed by atoms with Crippen molar-refractivity contribution in [3.63, 3.8) is 0 Å². The summed E-state index contributed by atoms with van der Waals surface area (Å²) < 4.78 is 4.31. The fraction of sp³-hybridized carbons (Fsp3) is 0.636. The minimum Gasteiger partial charge on any atom is -0.480 e. The molecule has 6 N–H and O–H groups in total. The third-order valence-corrected chi connectivity index (χ3v) is 2.98. The summed E-state index contributed by atoms with van der Waals surface area (Å²) in [6, 6.07) is -1.93. The van der Waals surface area contributed by atoms with Gasteiger partial charge in [0, 0.05) is 18.4 Å². The minimum atomic E-state index is -1.10. The molecule has 0 bridgehead atoms. The fourth-order valence-electron chi connectivity index (χ4n) is 0.697. The van der Waals surface area contributed by atoms with E-state index in [0.717, 1.165) is 11.8 Å². The third kappa shape index (κ3) is 13.1. The van der Waals surface area contributed by atoms with E-state index in [-0.39, 0.29) is 18.1 Å². The molecule has 0 spiro atoms. The Bertz CT molecular complexity index is 356. The fourth-order valence-corrected chi connectivity index (χ4v) is 1.63. The largest absolute Gasteiger partial charge is 0.480 e. The number of thioether (sulfide) groups is 1.